The van der Waals surface area contributed by atoms with Crippen molar-refractivity contribution in [1.29, 1.82) is 0 Å². The van der Waals surface area contributed by atoms with Gasteiger partial charge in [-0.15, -0.1) is 35.3 Å². The van der Waals surface area contributed by atoms with E-state index < -0.39 is 0 Å². The van der Waals surface area contributed by atoms with Gasteiger partial charge < -0.3 is 20.3 Å². The standard InChI is InChI=1S/C22H30N4O2S.HI/c1-22(2,19-10-7-13-29-19)15-24-21(23-14-20(27)26(3)4)25-17-11-12-28-18-9-6-5-8-16(17)18;/h5-10,13,17H,11-12,14-15H2,1-4H3,(H2,23,24,25);1H. The molecule has 1 aliphatic rings. The molecule has 0 bridgehead atoms. The number of ether oxygens (including phenoxy) is 1. The van der Waals surface area contributed by atoms with Crippen molar-refractivity contribution in [2.45, 2.75) is 31.7 Å². The van der Waals surface area contributed by atoms with Gasteiger partial charge in [-0.05, 0) is 17.5 Å². The number of nitrogens with zero attached hydrogens (tertiary/aromatic N) is 2. The minimum atomic E-state index is -0.0459. The Morgan fingerprint density at radius 3 is 2.73 bits per heavy atom. The molecule has 0 fully saturated rings. The van der Waals surface area contributed by atoms with Gasteiger partial charge in [0.2, 0.25) is 5.91 Å². The summed E-state index contributed by atoms with van der Waals surface area (Å²) in [7, 11) is 3.49. The SMILES string of the molecule is CN(C)C(=O)CN=C(NCC(C)(C)c1cccs1)NC1CCOc2ccccc21.I. The zero-order valence-electron chi connectivity index (χ0n) is 18.0. The summed E-state index contributed by atoms with van der Waals surface area (Å²) in [5, 5.41) is 9.07. The number of thiophene rings is 1. The fourth-order valence-corrected chi connectivity index (χ4v) is 4.01. The highest BCUT2D eigenvalue weighted by Crippen LogP contribution is 2.31. The van der Waals surface area contributed by atoms with Gasteiger partial charge in [0.25, 0.3) is 0 Å². The van der Waals surface area contributed by atoms with E-state index in [0.29, 0.717) is 19.1 Å². The number of carbonyl (C=O) groups excluding carboxylic acids is 1. The number of para-hydroxylation sites is 1. The first kappa shape index (κ1) is 24.5. The van der Waals surface area contributed by atoms with Crippen LogP contribution in [0.15, 0.2) is 46.8 Å². The summed E-state index contributed by atoms with van der Waals surface area (Å²) in [4.78, 5) is 19.5. The highest BCUT2D eigenvalue weighted by molar-refractivity contribution is 14.0. The van der Waals surface area contributed by atoms with Crippen molar-refractivity contribution in [3.05, 3.63) is 52.2 Å². The third kappa shape index (κ3) is 6.34. The number of hydrogen-bond acceptors (Lipinski definition) is 4. The largest absolute Gasteiger partial charge is 0.493 e. The molecule has 2 heterocycles. The average Bonchev–Trinajstić information content (AvgIpc) is 3.26. The number of carbonyl (C=O) groups is 1. The van der Waals surface area contributed by atoms with E-state index in [9.17, 15) is 4.79 Å². The molecule has 0 saturated carbocycles. The summed E-state index contributed by atoms with van der Waals surface area (Å²) in [6.45, 7) is 5.88. The number of aliphatic imine (C=N–C) groups is 1. The Bertz CT molecular complexity index is 853. The molecule has 1 amide bonds. The van der Waals surface area contributed by atoms with Crippen molar-refractivity contribution in [3.63, 3.8) is 0 Å². The summed E-state index contributed by atoms with van der Waals surface area (Å²) in [6, 6.07) is 12.4. The lowest BCUT2D eigenvalue weighted by atomic mass is 9.91. The molecule has 2 aromatic rings. The molecule has 0 radical (unpaired) electrons. The van der Waals surface area contributed by atoms with Gasteiger partial charge in [0.1, 0.15) is 12.3 Å². The number of hydrogen-bond donors (Lipinski definition) is 2. The number of guanidine groups is 1. The van der Waals surface area contributed by atoms with E-state index in [0.717, 1.165) is 17.7 Å². The molecule has 1 aromatic carbocycles. The van der Waals surface area contributed by atoms with E-state index in [1.165, 1.54) is 4.88 Å². The Labute approximate surface area is 200 Å². The zero-order valence-corrected chi connectivity index (χ0v) is 21.1. The van der Waals surface area contributed by atoms with Crippen LogP contribution in [0.3, 0.4) is 0 Å². The van der Waals surface area contributed by atoms with E-state index in [2.05, 4.69) is 53.1 Å². The maximum atomic E-state index is 12.1. The Kier molecular flexibility index (Phi) is 8.96. The summed E-state index contributed by atoms with van der Waals surface area (Å²) in [6.07, 6.45) is 0.841. The normalized spacial score (nSPS) is 16.0. The monoisotopic (exact) mass is 542 g/mol. The van der Waals surface area contributed by atoms with Crippen molar-refractivity contribution >= 4 is 47.2 Å². The van der Waals surface area contributed by atoms with Crippen LogP contribution < -0.4 is 15.4 Å². The van der Waals surface area contributed by atoms with Crippen LogP contribution in [-0.2, 0) is 10.2 Å². The summed E-state index contributed by atoms with van der Waals surface area (Å²) < 4.78 is 5.77. The summed E-state index contributed by atoms with van der Waals surface area (Å²) >= 11 is 1.75. The molecule has 0 spiro atoms. The zero-order chi connectivity index (χ0) is 20.9. The van der Waals surface area contributed by atoms with Crippen molar-refractivity contribution in [2.75, 3.05) is 33.8 Å². The molecule has 8 heteroatoms. The van der Waals surface area contributed by atoms with Gasteiger partial charge in [-0.1, -0.05) is 38.1 Å². The van der Waals surface area contributed by atoms with Gasteiger partial charge >= 0.3 is 0 Å². The van der Waals surface area contributed by atoms with Gasteiger partial charge in [-0.25, -0.2) is 4.99 Å². The highest BCUT2D eigenvalue weighted by Gasteiger charge is 2.25. The van der Waals surface area contributed by atoms with Gasteiger partial charge in [0.05, 0.1) is 12.6 Å². The van der Waals surface area contributed by atoms with Gasteiger partial charge in [-0.2, -0.15) is 0 Å². The molecule has 1 atom stereocenters. The van der Waals surface area contributed by atoms with Crippen molar-refractivity contribution < 1.29 is 9.53 Å². The van der Waals surface area contributed by atoms with Crippen LogP contribution in [0.2, 0.25) is 0 Å². The summed E-state index contributed by atoms with van der Waals surface area (Å²) in [5.41, 5.74) is 1.07. The van der Waals surface area contributed by atoms with E-state index in [1.54, 1.807) is 30.3 Å². The second-order valence-electron chi connectivity index (χ2n) is 8.04. The molecule has 1 aliphatic heterocycles. The van der Waals surface area contributed by atoms with Crippen LogP contribution in [0.25, 0.3) is 0 Å². The predicted molar refractivity (Wildman–Crippen MR) is 134 cm³/mol. The molecule has 0 aliphatic carbocycles. The van der Waals surface area contributed by atoms with E-state index >= 15 is 0 Å². The topological polar surface area (TPSA) is 66.0 Å². The average molecular weight is 542 g/mol. The third-order valence-corrected chi connectivity index (χ3v) is 6.26. The number of halogens is 1. The lowest BCUT2D eigenvalue weighted by Gasteiger charge is -2.30. The molecule has 1 aromatic heterocycles. The lowest BCUT2D eigenvalue weighted by Crippen LogP contribution is -2.45. The second-order valence-corrected chi connectivity index (χ2v) is 8.99. The Balaban J connectivity index is 0.00000320. The first-order valence-electron chi connectivity index (χ1n) is 9.87. The molecule has 2 N–H and O–H groups in total. The van der Waals surface area contributed by atoms with Crippen molar-refractivity contribution in [2.24, 2.45) is 4.99 Å². The van der Waals surface area contributed by atoms with Crippen molar-refractivity contribution in [3.8, 4) is 5.75 Å². The predicted octanol–water partition coefficient (Wildman–Crippen LogP) is 3.79. The number of benzene rings is 1. The van der Waals surface area contributed by atoms with Crippen LogP contribution in [0.4, 0.5) is 0 Å². The quantitative estimate of drug-likeness (QED) is 0.331. The van der Waals surface area contributed by atoms with Crippen LogP contribution in [0.1, 0.15) is 36.8 Å². The van der Waals surface area contributed by atoms with Gasteiger partial charge in [0, 0.05) is 42.9 Å². The number of rotatable bonds is 6. The second kappa shape index (κ2) is 11.0. The van der Waals surface area contributed by atoms with Gasteiger partial charge in [0.15, 0.2) is 5.96 Å². The van der Waals surface area contributed by atoms with Crippen LogP contribution in [0.5, 0.6) is 5.75 Å². The van der Waals surface area contributed by atoms with Crippen LogP contribution in [0, 0.1) is 0 Å². The Hall–Kier alpha value is -1.81. The van der Waals surface area contributed by atoms with E-state index in [-0.39, 0.29) is 47.9 Å². The first-order chi connectivity index (χ1) is 13.9. The molecule has 1 unspecified atom stereocenters. The number of amides is 1. The molecule has 30 heavy (non-hydrogen) atoms. The molecule has 164 valence electrons. The first-order valence-corrected chi connectivity index (χ1v) is 10.8. The van der Waals surface area contributed by atoms with E-state index in [1.807, 2.05) is 18.2 Å². The Morgan fingerprint density at radius 2 is 2.03 bits per heavy atom. The smallest absolute Gasteiger partial charge is 0.243 e. The van der Waals surface area contributed by atoms with Crippen molar-refractivity contribution in [1.82, 2.24) is 15.5 Å². The molecule has 3 rings (SSSR count). The molecule has 6 nitrogen and oxygen atoms in total. The summed E-state index contributed by atoms with van der Waals surface area (Å²) in [5.74, 6) is 1.52. The van der Waals surface area contributed by atoms with Crippen LogP contribution in [-0.4, -0.2) is 50.6 Å². The minimum absolute atomic E-state index is 0. The molecular weight excluding hydrogens is 511 g/mol. The maximum absolute atomic E-state index is 12.1. The minimum Gasteiger partial charge on any atom is -0.493 e. The van der Waals surface area contributed by atoms with Crippen LogP contribution >= 0.6 is 35.3 Å². The fourth-order valence-electron chi connectivity index (χ4n) is 3.15. The molecular formula is C22H31IN4O2S. The highest BCUT2D eigenvalue weighted by atomic mass is 127. The maximum Gasteiger partial charge on any atom is 0.243 e. The number of likely N-dealkylation sites (N-methyl/N-ethyl adjacent to an activating group) is 1. The fraction of sp³-hybridized carbons (Fsp3) is 0.455. The van der Waals surface area contributed by atoms with Gasteiger partial charge in [-0.3, -0.25) is 4.79 Å². The number of fused-ring (bicyclic) bond motifs is 1. The van der Waals surface area contributed by atoms with E-state index in [4.69, 9.17) is 4.74 Å². The Morgan fingerprint density at radius 1 is 1.27 bits per heavy atom. The lowest BCUT2D eigenvalue weighted by molar-refractivity contribution is -0.127. The molecule has 0 saturated heterocycles. The number of nitrogens with one attached hydrogen (secondary N) is 2. The third-order valence-electron chi connectivity index (χ3n) is 5.03.